The highest BCUT2D eigenvalue weighted by Crippen LogP contribution is 2.39. The van der Waals surface area contributed by atoms with Crippen molar-refractivity contribution in [3.63, 3.8) is 0 Å². The fourth-order valence-electron chi connectivity index (χ4n) is 4.98. The quantitative estimate of drug-likeness (QED) is 0.297. The van der Waals surface area contributed by atoms with E-state index in [1.54, 1.807) is 17.1 Å². The zero-order chi connectivity index (χ0) is 26.8. The van der Waals surface area contributed by atoms with Crippen LogP contribution in [0.1, 0.15) is 70.9 Å². The minimum absolute atomic E-state index is 0.144. The molecule has 4 heterocycles. The number of nitrogens with zero attached hydrogens (tertiary/aromatic N) is 5. The predicted octanol–water partition coefficient (Wildman–Crippen LogP) is 5.62. The van der Waals surface area contributed by atoms with Crippen LogP contribution < -0.4 is 10.6 Å². The van der Waals surface area contributed by atoms with Crippen LogP contribution in [-0.4, -0.2) is 37.1 Å². The van der Waals surface area contributed by atoms with Crippen molar-refractivity contribution in [1.82, 2.24) is 29.5 Å². The van der Waals surface area contributed by atoms with Gasteiger partial charge in [-0.25, -0.2) is 9.97 Å². The number of aryl methyl sites for hydroxylation is 2. The molecule has 2 N–H and O–H groups in total. The van der Waals surface area contributed by atoms with Gasteiger partial charge in [-0.1, -0.05) is 19.9 Å². The molecule has 1 saturated carbocycles. The number of nitrogens with one attached hydrogen (secondary N) is 2. The number of carbonyl (C=O) groups is 1. The predicted molar refractivity (Wildman–Crippen MR) is 152 cm³/mol. The van der Waals surface area contributed by atoms with Gasteiger partial charge in [0.2, 0.25) is 0 Å². The maximum absolute atomic E-state index is 12.9. The lowest BCUT2D eigenvalue weighted by Crippen LogP contribution is -2.23. The van der Waals surface area contributed by atoms with Crippen LogP contribution in [-0.2, 0) is 13.1 Å². The van der Waals surface area contributed by atoms with Crippen LogP contribution in [0.15, 0.2) is 55.2 Å². The van der Waals surface area contributed by atoms with Crippen molar-refractivity contribution in [3.05, 3.63) is 88.8 Å². The van der Waals surface area contributed by atoms with Gasteiger partial charge in [0, 0.05) is 43.8 Å². The Morgan fingerprint density at radius 2 is 1.89 bits per heavy atom. The van der Waals surface area contributed by atoms with Crippen LogP contribution in [0.4, 0.5) is 5.82 Å². The number of hydrogen-bond acceptors (Lipinski definition) is 5. The van der Waals surface area contributed by atoms with Gasteiger partial charge in [-0.05, 0) is 78.4 Å². The Morgan fingerprint density at radius 1 is 1.08 bits per heavy atom. The third-order valence-corrected chi connectivity index (χ3v) is 7.14. The number of imidazole rings is 1. The van der Waals surface area contributed by atoms with Crippen molar-refractivity contribution in [3.8, 4) is 0 Å². The highest BCUT2D eigenvalue weighted by molar-refractivity contribution is 5.96. The lowest BCUT2D eigenvalue weighted by molar-refractivity contribution is 0.0950. The Morgan fingerprint density at radius 3 is 2.66 bits per heavy atom. The first-order chi connectivity index (χ1) is 18.5. The van der Waals surface area contributed by atoms with Gasteiger partial charge in [-0.2, -0.15) is 5.10 Å². The van der Waals surface area contributed by atoms with Crippen LogP contribution in [0.2, 0.25) is 0 Å². The molecule has 0 atom stereocenters. The van der Waals surface area contributed by atoms with E-state index < -0.39 is 0 Å². The van der Waals surface area contributed by atoms with E-state index >= 15 is 0 Å². The van der Waals surface area contributed by atoms with Gasteiger partial charge in [0.25, 0.3) is 5.91 Å². The molecule has 1 aliphatic rings. The molecule has 8 nitrogen and oxygen atoms in total. The van der Waals surface area contributed by atoms with E-state index in [1.807, 2.05) is 39.4 Å². The van der Waals surface area contributed by atoms with Crippen molar-refractivity contribution < 1.29 is 4.79 Å². The molecule has 6 rings (SSSR count). The zero-order valence-corrected chi connectivity index (χ0v) is 22.7. The monoisotopic (exact) mass is 509 g/mol. The first kappa shape index (κ1) is 25.4. The molecule has 1 aliphatic carbocycles. The smallest absolute Gasteiger partial charge is 0.254 e. The average molecular weight is 510 g/mol. The van der Waals surface area contributed by atoms with Crippen molar-refractivity contribution in [2.45, 2.75) is 59.5 Å². The van der Waals surface area contributed by atoms with E-state index in [-0.39, 0.29) is 5.91 Å². The van der Waals surface area contributed by atoms with Crippen molar-refractivity contribution in [2.24, 2.45) is 0 Å². The Hall–Kier alpha value is -4.20. The highest BCUT2D eigenvalue weighted by atomic mass is 16.1. The van der Waals surface area contributed by atoms with Crippen molar-refractivity contribution >= 4 is 28.1 Å². The van der Waals surface area contributed by atoms with Crippen LogP contribution in [0.5, 0.6) is 0 Å². The summed E-state index contributed by atoms with van der Waals surface area (Å²) < 4.78 is 3.85. The molecule has 8 heteroatoms. The molecule has 4 aromatic heterocycles. The van der Waals surface area contributed by atoms with Gasteiger partial charge in [0.05, 0.1) is 24.0 Å². The molecule has 38 heavy (non-hydrogen) atoms. The normalized spacial score (nSPS) is 12.9. The number of anilines is 1. The number of hydrogen-bond donors (Lipinski definition) is 2. The fourth-order valence-corrected chi connectivity index (χ4v) is 4.98. The van der Waals surface area contributed by atoms with Gasteiger partial charge in [-0.3, -0.25) is 9.48 Å². The number of carbonyl (C=O) groups excluding carboxylic acids is 1. The van der Waals surface area contributed by atoms with E-state index in [9.17, 15) is 4.79 Å². The molecular formula is C30H35N7O. The second-order valence-electron chi connectivity index (χ2n) is 9.65. The van der Waals surface area contributed by atoms with Crippen molar-refractivity contribution in [1.29, 1.82) is 0 Å². The average Bonchev–Trinajstić information content (AvgIpc) is 3.55. The molecule has 5 aromatic rings. The summed E-state index contributed by atoms with van der Waals surface area (Å²) in [7, 11) is 1.88. The molecule has 0 radical (unpaired) electrons. The molecule has 1 amide bonds. The number of fused-ring (bicyclic) bond motifs is 2. The summed E-state index contributed by atoms with van der Waals surface area (Å²) in [6.45, 7) is 9.13. The molecule has 0 bridgehead atoms. The van der Waals surface area contributed by atoms with Gasteiger partial charge < -0.3 is 15.0 Å². The SMILES string of the molecule is CC.CNc1nccc2c(C)c(CNC(=O)c3cnn(Cc4cn5cc(C6CC6)ccc5n4)c3)c(C)cc12. The number of benzene rings is 1. The first-order valence-corrected chi connectivity index (χ1v) is 13.3. The standard InChI is InChI=1S/C28H29N7O.C2H6/c1-17-10-24-23(8-9-30-27(24)29-3)18(2)25(17)12-31-28(36)21-11-32-35(14-21)16-22-15-34-13-20(19-4-5-19)6-7-26(34)33-22;1-2/h6-11,13-15,19H,4-5,12,16H2,1-3H3,(H,29,30)(H,31,36);1-2H3. The third-order valence-electron chi connectivity index (χ3n) is 7.14. The van der Waals surface area contributed by atoms with E-state index in [0.29, 0.717) is 24.6 Å². The van der Waals surface area contributed by atoms with Crippen molar-refractivity contribution in [2.75, 3.05) is 12.4 Å². The highest BCUT2D eigenvalue weighted by Gasteiger charge is 2.23. The third kappa shape index (κ3) is 4.98. The van der Waals surface area contributed by atoms with E-state index in [1.165, 1.54) is 18.4 Å². The number of rotatable bonds is 7. The van der Waals surface area contributed by atoms with Gasteiger partial charge in [0.15, 0.2) is 0 Å². The van der Waals surface area contributed by atoms with Gasteiger partial charge in [-0.15, -0.1) is 0 Å². The molecule has 0 spiro atoms. The molecule has 1 aromatic carbocycles. The molecular weight excluding hydrogens is 474 g/mol. The van der Waals surface area contributed by atoms with E-state index in [2.05, 4.69) is 63.4 Å². The van der Waals surface area contributed by atoms with E-state index in [4.69, 9.17) is 4.98 Å². The molecule has 196 valence electrons. The first-order valence-electron chi connectivity index (χ1n) is 13.3. The number of aromatic nitrogens is 5. The minimum Gasteiger partial charge on any atom is -0.373 e. The summed E-state index contributed by atoms with van der Waals surface area (Å²) in [6.07, 6.45) is 12.0. The van der Waals surface area contributed by atoms with Crippen LogP contribution >= 0.6 is 0 Å². The molecule has 1 fully saturated rings. The topological polar surface area (TPSA) is 89.1 Å². The Labute approximate surface area is 223 Å². The number of pyridine rings is 2. The second-order valence-corrected chi connectivity index (χ2v) is 9.65. The summed E-state index contributed by atoms with van der Waals surface area (Å²) in [5.74, 6) is 1.42. The van der Waals surface area contributed by atoms with E-state index in [0.717, 1.165) is 44.6 Å². The lowest BCUT2D eigenvalue weighted by Gasteiger charge is -2.15. The minimum atomic E-state index is -0.144. The number of amides is 1. The maximum Gasteiger partial charge on any atom is 0.254 e. The van der Waals surface area contributed by atoms with Crippen LogP contribution in [0.25, 0.3) is 16.4 Å². The summed E-state index contributed by atoms with van der Waals surface area (Å²) in [6, 6.07) is 8.40. The molecule has 0 unspecified atom stereocenters. The Balaban J connectivity index is 0.00000144. The molecule has 0 saturated heterocycles. The van der Waals surface area contributed by atoms with Gasteiger partial charge in [0.1, 0.15) is 11.5 Å². The maximum atomic E-state index is 12.9. The van der Waals surface area contributed by atoms with Gasteiger partial charge >= 0.3 is 0 Å². The largest absolute Gasteiger partial charge is 0.373 e. The van der Waals surface area contributed by atoms with Crippen LogP contribution in [0, 0.1) is 13.8 Å². The summed E-state index contributed by atoms with van der Waals surface area (Å²) in [5, 5.41) is 12.8. The second kappa shape index (κ2) is 10.7. The Bertz CT molecular complexity index is 1610. The molecule has 0 aliphatic heterocycles. The fraction of sp³-hybridized carbons (Fsp3) is 0.333. The summed E-state index contributed by atoms with van der Waals surface area (Å²) >= 11 is 0. The zero-order valence-electron chi connectivity index (χ0n) is 22.7. The lowest BCUT2D eigenvalue weighted by atomic mass is 9.96. The summed E-state index contributed by atoms with van der Waals surface area (Å²) in [5.41, 5.74) is 7.14. The van der Waals surface area contributed by atoms with Crippen LogP contribution in [0.3, 0.4) is 0 Å². The Kier molecular flexibility index (Phi) is 7.13. The summed E-state index contributed by atoms with van der Waals surface area (Å²) in [4.78, 5) is 22.0.